The summed E-state index contributed by atoms with van der Waals surface area (Å²) in [5.41, 5.74) is 6.92. The van der Waals surface area contributed by atoms with Crippen molar-refractivity contribution >= 4 is 23.8 Å². The standard InChI is InChI=1S/C23H31N5O4/c1-5-31-21(30)18-19(24)26-22(28(18)14-16-10-7-6-8-11-16)27-13-9-12-17(20(27)25-15-29)32-23(2,3)4/h6-8,10-11,17,20H,5,9,12-14,24H2,1-4H3. The summed E-state index contributed by atoms with van der Waals surface area (Å²) in [6.45, 7) is 8.76. The number of nitrogen functional groups attached to an aromatic ring is 1. The van der Waals surface area contributed by atoms with Crippen LogP contribution in [-0.2, 0) is 20.8 Å². The van der Waals surface area contributed by atoms with Crippen LogP contribution in [0.4, 0.5) is 11.8 Å². The van der Waals surface area contributed by atoms with Gasteiger partial charge in [0.25, 0.3) is 0 Å². The van der Waals surface area contributed by atoms with Crippen molar-refractivity contribution in [1.82, 2.24) is 9.55 Å². The summed E-state index contributed by atoms with van der Waals surface area (Å²) >= 11 is 0. The minimum atomic E-state index is -0.633. The van der Waals surface area contributed by atoms with Crippen LogP contribution in [0.3, 0.4) is 0 Å². The molecule has 0 aliphatic carbocycles. The predicted molar refractivity (Wildman–Crippen MR) is 121 cm³/mol. The van der Waals surface area contributed by atoms with Crippen LogP contribution in [0.15, 0.2) is 35.3 Å². The molecular weight excluding hydrogens is 410 g/mol. The zero-order valence-corrected chi connectivity index (χ0v) is 19.1. The molecule has 172 valence electrons. The molecule has 9 heteroatoms. The molecule has 1 aromatic carbocycles. The molecule has 3 rings (SSSR count). The van der Waals surface area contributed by atoms with Gasteiger partial charge in [0, 0.05) is 6.54 Å². The van der Waals surface area contributed by atoms with Crippen LogP contribution < -0.4 is 10.6 Å². The number of rotatable bonds is 7. The van der Waals surface area contributed by atoms with Gasteiger partial charge in [-0.2, -0.15) is 9.98 Å². The van der Waals surface area contributed by atoms with Crippen molar-refractivity contribution in [3.05, 3.63) is 41.6 Å². The Labute approximate surface area is 188 Å². The van der Waals surface area contributed by atoms with Gasteiger partial charge in [0.1, 0.15) is 0 Å². The highest BCUT2D eigenvalue weighted by molar-refractivity contribution is 5.93. The quantitative estimate of drug-likeness (QED) is 0.399. The van der Waals surface area contributed by atoms with Gasteiger partial charge in [0.15, 0.2) is 17.7 Å². The van der Waals surface area contributed by atoms with Gasteiger partial charge in [-0.3, -0.25) is 4.57 Å². The molecule has 1 aliphatic heterocycles. The number of aliphatic imine (C=N–C) groups is 1. The second-order valence-electron chi connectivity index (χ2n) is 8.68. The number of ether oxygens (including phenoxy) is 2. The molecular formula is C23H31N5O4. The van der Waals surface area contributed by atoms with Gasteiger partial charge >= 0.3 is 5.97 Å². The number of anilines is 2. The molecule has 2 N–H and O–H groups in total. The molecule has 0 amide bonds. The first kappa shape index (κ1) is 23.5. The molecule has 2 atom stereocenters. The molecule has 2 aromatic rings. The van der Waals surface area contributed by atoms with E-state index in [2.05, 4.69) is 9.98 Å². The Balaban J connectivity index is 2.09. The molecule has 1 aromatic heterocycles. The number of nitrogens with zero attached hydrogens (tertiary/aromatic N) is 4. The summed E-state index contributed by atoms with van der Waals surface area (Å²) in [5.74, 6) is -0.0303. The van der Waals surface area contributed by atoms with Crippen molar-refractivity contribution in [2.24, 2.45) is 4.99 Å². The average Bonchev–Trinajstić information content (AvgIpc) is 3.05. The van der Waals surface area contributed by atoms with Crippen molar-refractivity contribution in [3.63, 3.8) is 0 Å². The summed E-state index contributed by atoms with van der Waals surface area (Å²) in [6, 6.07) is 9.68. The van der Waals surface area contributed by atoms with Gasteiger partial charge in [-0.15, -0.1) is 0 Å². The van der Waals surface area contributed by atoms with E-state index in [0.717, 1.165) is 18.4 Å². The van der Waals surface area contributed by atoms with E-state index in [0.29, 0.717) is 19.0 Å². The molecule has 1 fully saturated rings. The first-order valence-corrected chi connectivity index (χ1v) is 10.8. The molecule has 1 aliphatic rings. The third-order valence-corrected chi connectivity index (χ3v) is 5.11. The van der Waals surface area contributed by atoms with E-state index in [1.807, 2.05) is 56.0 Å². The minimum Gasteiger partial charge on any atom is -0.461 e. The van der Waals surface area contributed by atoms with Crippen LogP contribution in [0.5, 0.6) is 0 Å². The van der Waals surface area contributed by atoms with E-state index < -0.39 is 17.7 Å². The average molecular weight is 442 g/mol. The highest BCUT2D eigenvalue weighted by Gasteiger charge is 2.38. The number of imidazole rings is 1. The number of aromatic nitrogens is 2. The number of nitrogens with two attached hydrogens (primary N) is 1. The normalized spacial score (nSPS) is 18.8. The highest BCUT2D eigenvalue weighted by atomic mass is 16.5. The van der Waals surface area contributed by atoms with Gasteiger partial charge in [-0.1, -0.05) is 30.3 Å². The largest absolute Gasteiger partial charge is 0.461 e. The second-order valence-corrected chi connectivity index (χ2v) is 8.68. The summed E-state index contributed by atoms with van der Waals surface area (Å²) in [5, 5.41) is 0. The predicted octanol–water partition coefficient (Wildman–Crippen LogP) is 3.14. The number of esters is 1. The van der Waals surface area contributed by atoms with Crippen molar-refractivity contribution in [3.8, 4) is 0 Å². The Morgan fingerprint density at radius 1 is 1.31 bits per heavy atom. The Morgan fingerprint density at radius 3 is 2.66 bits per heavy atom. The number of carbonyl (C=O) groups is 1. The molecule has 0 spiro atoms. The number of piperidine rings is 1. The zero-order chi connectivity index (χ0) is 23.3. The lowest BCUT2D eigenvalue weighted by Crippen LogP contribution is -2.51. The maximum Gasteiger partial charge on any atom is 0.358 e. The third kappa shape index (κ3) is 5.36. The van der Waals surface area contributed by atoms with Crippen LogP contribution in [0, 0.1) is 0 Å². The van der Waals surface area contributed by atoms with Crippen LogP contribution >= 0.6 is 0 Å². The Morgan fingerprint density at radius 2 is 2.03 bits per heavy atom. The van der Waals surface area contributed by atoms with E-state index in [4.69, 9.17) is 15.2 Å². The van der Waals surface area contributed by atoms with Crippen LogP contribution in [0.1, 0.15) is 56.6 Å². The van der Waals surface area contributed by atoms with Gasteiger partial charge in [-0.25, -0.2) is 9.59 Å². The number of hydrogen-bond donors (Lipinski definition) is 1. The van der Waals surface area contributed by atoms with Gasteiger partial charge in [-0.05, 0) is 46.1 Å². The SMILES string of the molecule is CCOC(=O)c1c(N)nc(N2CCCC(OC(C)(C)C)C2N=C=O)n1Cc1ccccc1. The van der Waals surface area contributed by atoms with E-state index in [1.165, 1.54) is 0 Å². The smallest absolute Gasteiger partial charge is 0.358 e. The summed E-state index contributed by atoms with van der Waals surface area (Å²) < 4.78 is 13.2. The monoisotopic (exact) mass is 441 g/mol. The summed E-state index contributed by atoms with van der Waals surface area (Å²) in [7, 11) is 0. The van der Waals surface area contributed by atoms with E-state index in [1.54, 1.807) is 17.6 Å². The van der Waals surface area contributed by atoms with Crippen LogP contribution in [0.2, 0.25) is 0 Å². The number of benzene rings is 1. The lowest BCUT2D eigenvalue weighted by molar-refractivity contribution is -0.0789. The molecule has 0 saturated carbocycles. The molecule has 9 nitrogen and oxygen atoms in total. The van der Waals surface area contributed by atoms with Crippen molar-refractivity contribution in [1.29, 1.82) is 0 Å². The van der Waals surface area contributed by atoms with E-state index >= 15 is 0 Å². The molecule has 0 bridgehead atoms. The van der Waals surface area contributed by atoms with Crippen LogP contribution in [-0.4, -0.2) is 52.6 Å². The van der Waals surface area contributed by atoms with Crippen molar-refractivity contribution < 1.29 is 19.1 Å². The Kier molecular flexibility index (Phi) is 7.33. The minimum absolute atomic E-state index is 0.0714. The fourth-order valence-electron chi connectivity index (χ4n) is 3.95. The van der Waals surface area contributed by atoms with Crippen molar-refractivity contribution in [2.75, 3.05) is 23.8 Å². The number of carbonyl (C=O) groups excluding carboxylic acids is 2. The van der Waals surface area contributed by atoms with E-state index in [-0.39, 0.29) is 24.2 Å². The number of hydrogen-bond acceptors (Lipinski definition) is 8. The maximum absolute atomic E-state index is 12.7. The third-order valence-electron chi connectivity index (χ3n) is 5.11. The Bertz CT molecular complexity index is 976. The summed E-state index contributed by atoms with van der Waals surface area (Å²) in [4.78, 5) is 34.5. The molecule has 32 heavy (non-hydrogen) atoms. The topological polar surface area (TPSA) is 112 Å². The molecule has 2 unspecified atom stereocenters. The second kappa shape index (κ2) is 9.97. The maximum atomic E-state index is 12.7. The number of isocyanates is 1. The molecule has 2 heterocycles. The van der Waals surface area contributed by atoms with Gasteiger partial charge in [0.05, 0.1) is 24.9 Å². The van der Waals surface area contributed by atoms with Gasteiger partial charge in [0.2, 0.25) is 12.0 Å². The fourth-order valence-corrected chi connectivity index (χ4v) is 3.95. The Hall–Kier alpha value is -3.16. The van der Waals surface area contributed by atoms with Crippen LogP contribution in [0.25, 0.3) is 0 Å². The highest BCUT2D eigenvalue weighted by Crippen LogP contribution is 2.32. The summed E-state index contributed by atoms with van der Waals surface area (Å²) in [6.07, 6.45) is 2.26. The fraction of sp³-hybridized carbons (Fsp3) is 0.522. The van der Waals surface area contributed by atoms with Gasteiger partial charge < -0.3 is 20.1 Å². The lowest BCUT2D eigenvalue weighted by Gasteiger charge is -2.41. The first-order valence-electron chi connectivity index (χ1n) is 10.8. The lowest BCUT2D eigenvalue weighted by atomic mass is 10.0. The van der Waals surface area contributed by atoms with Crippen molar-refractivity contribution in [2.45, 2.75) is 65.0 Å². The molecule has 0 radical (unpaired) electrons. The zero-order valence-electron chi connectivity index (χ0n) is 19.1. The van der Waals surface area contributed by atoms with E-state index in [9.17, 15) is 9.59 Å². The first-order chi connectivity index (χ1) is 15.2. The molecule has 1 saturated heterocycles.